The second kappa shape index (κ2) is 6.53. The minimum atomic E-state index is 0.591. The molecule has 0 atom stereocenters. The summed E-state index contributed by atoms with van der Waals surface area (Å²) in [5.74, 6) is 1.49. The zero-order valence-electron chi connectivity index (χ0n) is 12.7. The molecule has 1 heterocycles. The van der Waals surface area contributed by atoms with E-state index in [1.807, 2.05) is 4.68 Å². The number of ether oxygens (including phenoxy) is 1. The first kappa shape index (κ1) is 14.5. The van der Waals surface area contributed by atoms with Gasteiger partial charge in [0.25, 0.3) is 0 Å². The summed E-state index contributed by atoms with van der Waals surface area (Å²) in [4.78, 5) is 0. The fourth-order valence-electron chi connectivity index (χ4n) is 2.19. The number of aromatic nitrogens is 2. The molecular weight excluding hydrogens is 238 g/mol. The largest absolute Gasteiger partial charge is 0.359 e. The molecule has 0 radical (unpaired) electrons. The third-order valence-corrected chi connectivity index (χ3v) is 3.65. The molecule has 1 fully saturated rings. The molecule has 1 aliphatic carbocycles. The Bertz CT molecular complexity index is 408. The smallest absolute Gasteiger partial charge is 0.139 e. The van der Waals surface area contributed by atoms with E-state index < -0.39 is 0 Å². The predicted molar refractivity (Wildman–Crippen MR) is 76.9 cm³/mol. The molecule has 0 aliphatic heterocycles. The van der Waals surface area contributed by atoms with E-state index in [-0.39, 0.29) is 0 Å². The zero-order chi connectivity index (χ0) is 13.8. The van der Waals surface area contributed by atoms with Gasteiger partial charge in [-0.2, -0.15) is 5.10 Å². The number of hydrogen-bond donors (Lipinski definition) is 1. The topological polar surface area (TPSA) is 39.1 Å². The van der Waals surface area contributed by atoms with Crippen molar-refractivity contribution in [3.63, 3.8) is 0 Å². The molecule has 0 saturated heterocycles. The Labute approximate surface area is 116 Å². The van der Waals surface area contributed by atoms with Gasteiger partial charge < -0.3 is 10.1 Å². The number of hydrogen-bond acceptors (Lipinski definition) is 3. The minimum absolute atomic E-state index is 0.591. The van der Waals surface area contributed by atoms with Crippen LogP contribution in [0, 0.1) is 25.7 Å². The second-order valence-electron chi connectivity index (χ2n) is 6.12. The van der Waals surface area contributed by atoms with E-state index >= 15 is 0 Å². The van der Waals surface area contributed by atoms with Crippen LogP contribution >= 0.6 is 0 Å². The second-order valence-corrected chi connectivity index (χ2v) is 6.12. The van der Waals surface area contributed by atoms with Gasteiger partial charge in [0.2, 0.25) is 0 Å². The number of rotatable bonds is 8. The summed E-state index contributed by atoms with van der Waals surface area (Å²) in [7, 11) is 0. The van der Waals surface area contributed by atoms with Crippen molar-refractivity contribution in [2.24, 2.45) is 11.8 Å². The zero-order valence-corrected chi connectivity index (χ0v) is 12.7. The molecule has 19 heavy (non-hydrogen) atoms. The maximum absolute atomic E-state index is 5.72. The molecule has 0 spiro atoms. The molecule has 1 aromatic rings. The molecule has 0 bridgehead atoms. The van der Waals surface area contributed by atoms with Crippen molar-refractivity contribution >= 4 is 0 Å². The Balaban J connectivity index is 1.85. The van der Waals surface area contributed by atoms with E-state index in [9.17, 15) is 0 Å². The highest BCUT2D eigenvalue weighted by atomic mass is 16.5. The average Bonchev–Trinajstić information content (AvgIpc) is 3.12. The molecule has 1 aliphatic rings. The first-order chi connectivity index (χ1) is 9.08. The summed E-state index contributed by atoms with van der Waals surface area (Å²) in [5.41, 5.74) is 3.66. The monoisotopic (exact) mass is 265 g/mol. The summed E-state index contributed by atoms with van der Waals surface area (Å²) in [5, 5.41) is 8.06. The van der Waals surface area contributed by atoms with Crippen molar-refractivity contribution < 1.29 is 4.74 Å². The van der Waals surface area contributed by atoms with Crippen LogP contribution in [-0.2, 0) is 18.0 Å². The lowest BCUT2D eigenvalue weighted by atomic mass is 10.2. The molecule has 4 nitrogen and oxygen atoms in total. The Morgan fingerprint density at radius 2 is 2.11 bits per heavy atom. The highest BCUT2D eigenvalue weighted by Crippen LogP contribution is 2.28. The molecule has 0 unspecified atom stereocenters. The van der Waals surface area contributed by atoms with Gasteiger partial charge in [0, 0.05) is 17.8 Å². The normalized spacial score (nSPS) is 15.4. The lowest BCUT2D eigenvalue weighted by Crippen LogP contribution is -2.19. The van der Waals surface area contributed by atoms with Gasteiger partial charge in [-0.1, -0.05) is 13.8 Å². The number of nitrogens with one attached hydrogen (secondary N) is 1. The number of nitrogens with zero attached hydrogens (tertiary/aromatic N) is 2. The van der Waals surface area contributed by atoms with Crippen LogP contribution in [0.1, 0.15) is 43.6 Å². The summed E-state index contributed by atoms with van der Waals surface area (Å²) >= 11 is 0. The quantitative estimate of drug-likeness (QED) is 0.785. The third kappa shape index (κ3) is 4.32. The van der Waals surface area contributed by atoms with Crippen molar-refractivity contribution in [2.45, 2.75) is 53.8 Å². The van der Waals surface area contributed by atoms with Crippen LogP contribution in [0.15, 0.2) is 0 Å². The average molecular weight is 265 g/mol. The van der Waals surface area contributed by atoms with Crippen LogP contribution in [0.5, 0.6) is 0 Å². The summed E-state index contributed by atoms with van der Waals surface area (Å²) in [6.45, 7) is 12.1. The van der Waals surface area contributed by atoms with Gasteiger partial charge in [-0.3, -0.25) is 0 Å². The molecule has 1 aromatic heterocycles. The van der Waals surface area contributed by atoms with Crippen LogP contribution < -0.4 is 5.32 Å². The van der Waals surface area contributed by atoms with Gasteiger partial charge in [-0.15, -0.1) is 0 Å². The highest BCUT2D eigenvalue weighted by Gasteiger charge is 2.21. The van der Waals surface area contributed by atoms with E-state index in [2.05, 4.69) is 38.1 Å². The van der Waals surface area contributed by atoms with Gasteiger partial charge in [0.1, 0.15) is 6.73 Å². The summed E-state index contributed by atoms with van der Waals surface area (Å²) in [6.07, 6.45) is 2.67. The van der Waals surface area contributed by atoms with Crippen molar-refractivity contribution in [2.75, 3.05) is 13.2 Å². The maximum Gasteiger partial charge on any atom is 0.139 e. The summed E-state index contributed by atoms with van der Waals surface area (Å²) in [6, 6.07) is 0. The molecule has 2 rings (SSSR count). The van der Waals surface area contributed by atoms with Crippen LogP contribution in [-0.4, -0.2) is 22.9 Å². The van der Waals surface area contributed by atoms with Gasteiger partial charge in [-0.25, -0.2) is 4.68 Å². The van der Waals surface area contributed by atoms with E-state index in [0.717, 1.165) is 31.3 Å². The highest BCUT2D eigenvalue weighted by molar-refractivity contribution is 5.24. The van der Waals surface area contributed by atoms with Crippen LogP contribution in [0.2, 0.25) is 0 Å². The fraction of sp³-hybridized carbons (Fsp3) is 0.800. The fourth-order valence-corrected chi connectivity index (χ4v) is 2.19. The van der Waals surface area contributed by atoms with Gasteiger partial charge in [-0.05, 0) is 45.1 Å². The lowest BCUT2D eigenvalue weighted by Gasteiger charge is -2.08. The van der Waals surface area contributed by atoms with Crippen molar-refractivity contribution in [3.8, 4) is 0 Å². The number of aryl methyl sites for hydroxylation is 1. The first-order valence-electron chi connectivity index (χ1n) is 7.39. The molecule has 1 N–H and O–H groups in total. The molecule has 0 aromatic carbocycles. The van der Waals surface area contributed by atoms with Crippen molar-refractivity contribution in [1.82, 2.24) is 15.1 Å². The molecule has 0 amide bonds. The predicted octanol–water partition coefficient (Wildman–Crippen LogP) is 2.63. The third-order valence-electron chi connectivity index (χ3n) is 3.65. The Kier molecular flexibility index (Phi) is 4.99. The van der Waals surface area contributed by atoms with Crippen LogP contribution in [0.25, 0.3) is 0 Å². The Morgan fingerprint density at radius 1 is 1.37 bits per heavy atom. The van der Waals surface area contributed by atoms with Crippen molar-refractivity contribution in [3.05, 3.63) is 17.0 Å². The molecule has 1 saturated carbocycles. The summed E-state index contributed by atoms with van der Waals surface area (Å²) < 4.78 is 7.71. The van der Waals surface area contributed by atoms with Gasteiger partial charge in [0.05, 0.1) is 12.3 Å². The van der Waals surface area contributed by atoms with E-state index in [4.69, 9.17) is 4.74 Å². The SMILES string of the molecule is Cc1nn(COCC2CC2)c(C)c1CNCC(C)C. The molecule has 108 valence electrons. The van der Waals surface area contributed by atoms with E-state index in [0.29, 0.717) is 12.6 Å². The Hall–Kier alpha value is -0.870. The minimum Gasteiger partial charge on any atom is -0.359 e. The first-order valence-corrected chi connectivity index (χ1v) is 7.39. The lowest BCUT2D eigenvalue weighted by molar-refractivity contribution is 0.0597. The van der Waals surface area contributed by atoms with Crippen LogP contribution in [0.3, 0.4) is 0 Å². The molecular formula is C15H27N3O. The molecule has 4 heteroatoms. The van der Waals surface area contributed by atoms with E-state index in [1.165, 1.54) is 24.1 Å². The maximum atomic E-state index is 5.72. The van der Waals surface area contributed by atoms with Crippen LogP contribution in [0.4, 0.5) is 0 Å². The Morgan fingerprint density at radius 3 is 2.74 bits per heavy atom. The van der Waals surface area contributed by atoms with E-state index in [1.54, 1.807) is 0 Å². The van der Waals surface area contributed by atoms with Gasteiger partial charge >= 0.3 is 0 Å². The van der Waals surface area contributed by atoms with Crippen molar-refractivity contribution in [1.29, 1.82) is 0 Å². The van der Waals surface area contributed by atoms with Gasteiger partial charge in [0.15, 0.2) is 0 Å². The standard InChI is InChI=1S/C15H27N3O/c1-11(2)7-16-8-15-12(3)17-18(13(15)4)10-19-9-14-5-6-14/h11,14,16H,5-10H2,1-4H3.